The third-order valence-electron chi connectivity index (χ3n) is 1.69. The van der Waals surface area contributed by atoms with Gasteiger partial charge in [0.15, 0.2) is 5.78 Å². The molecule has 0 aromatic heterocycles. The van der Waals surface area contributed by atoms with Gasteiger partial charge in [0.2, 0.25) is 0 Å². The van der Waals surface area contributed by atoms with E-state index < -0.39 is 0 Å². The zero-order valence-electron chi connectivity index (χ0n) is 8.34. The minimum atomic E-state index is -0.206. The summed E-state index contributed by atoms with van der Waals surface area (Å²) in [6, 6.07) is 6.50. The third kappa shape index (κ3) is 4.13. The number of hydrogen-bond acceptors (Lipinski definition) is 3. The van der Waals surface area contributed by atoms with Gasteiger partial charge in [0.25, 0.3) is 0 Å². The smallest absolute Gasteiger partial charge is 0.156 e. The summed E-state index contributed by atoms with van der Waals surface area (Å²) < 4.78 is 0. The molecule has 0 amide bonds. The molecule has 78 valence electrons. The first kappa shape index (κ1) is 11.0. The molecule has 0 saturated heterocycles. The first-order valence-corrected chi connectivity index (χ1v) is 4.46. The summed E-state index contributed by atoms with van der Waals surface area (Å²) in [6.45, 7) is 1.37. The van der Waals surface area contributed by atoms with Gasteiger partial charge in [-0.1, -0.05) is 18.2 Å². The summed E-state index contributed by atoms with van der Waals surface area (Å²) in [7, 11) is 0. The molecule has 0 atom stereocenters. The van der Waals surface area contributed by atoms with Crippen molar-refractivity contribution >= 4 is 11.9 Å². The Morgan fingerprint density at radius 3 is 2.40 bits per heavy atom. The van der Waals surface area contributed by atoms with Crippen molar-refractivity contribution in [1.82, 2.24) is 0 Å². The van der Waals surface area contributed by atoms with Gasteiger partial charge in [0.1, 0.15) is 11.5 Å². The highest BCUT2D eigenvalue weighted by Crippen LogP contribution is 2.11. The number of allylic oxidation sites excluding steroid dienone is 2. The van der Waals surface area contributed by atoms with Crippen molar-refractivity contribution in [3.05, 3.63) is 47.7 Å². The lowest BCUT2D eigenvalue weighted by Gasteiger charge is -1.94. The van der Waals surface area contributed by atoms with Crippen molar-refractivity contribution < 1.29 is 15.0 Å². The van der Waals surface area contributed by atoms with Crippen molar-refractivity contribution in [1.29, 1.82) is 0 Å². The van der Waals surface area contributed by atoms with Crippen LogP contribution in [0, 0.1) is 0 Å². The summed E-state index contributed by atoms with van der Waals surface area (Å²) in [6.07, 6.45) is 4.21. The van der Waals surface area contributed by atoms with Crippen LogP contribution in [-0.2, 0) is 4.79 Å². The van der Waals surface area contributed by atoms with Gasteiger partial charge in [-0.2, -0.15) is 0 Å². The number of hydrogen-bond donors (Lipinski definition) is 2. The zero-order chi connectivity index (χ0) is 11.3. The maximum Gasteiger partial charge on any atom is 0.156 e. The summed E-state index contributed by atoms with van der Waals surface area (Å²) in [5.41, 5.74) is 0.830. The molecule has 15 heavy (non-hydrogen) atoms. The lowest BCUT2D eigenvalue weighted by molar-refractivity contribution is -0.112. The topological polar surface area (TPSA) is 57.5 Å². The van der Waals surface area contributed by atoms with Crippen LogP contribution in [0.25, 0.3) is 6.08 Å². The van der Waals surface area contributed by atoms with Gasteiger partial charge < -0.3 is 10.2 Å². The Morgan fingerprint density at radius 2 is 1.87 bits per heavy atom. The lowest BCUT2D eigenvalue weighted by Crippen LogP contribution is -1.84. The molecule has 0 heterocycles. The molecule has 0 aliphatic heterocycles. The first-order chi connectivity index (χ1) is 7.08. The van der Waals surface area contributed by atoms with Crippen molar-refractivity contribution in [2.45, 2.75) is 6.92 Å². The van der Waals surface area contributed by atoms with Crippen LogP contribution in [0.2, 0.25) is 0 Å². The number of ketones is 1. The van der Waals surface area contributed by atoms with Crippen LogP contribution < -0.4 is 0 Å². The number of phenolic OH excluding ortho intramolecular Hbond substituents is 1. The van der Waals surface area contributed by atoms with E-state index in [2.05, 4.69) is 0 Å². The molecule has 3 nitrogen and oxygen atoms in total. The molecule has 0 fully saturated rings. The molecule has 1 aromatic rings. The van der Waals surface area contributed by atoms with E-state index in [1.807, 2.05) is 0 Å². The van der Waals surface area contributed by atoms with Crippen molar-refractivity contribution in [2.75, 3.05) is 0 Å². The first-order valence-electron chi connectivity index (χ1n) is 4.46. The molecule has 0 bridgehead atoms. The molecule has 3 heteroatoms. The molecule has 1 rings (SSSR count). The van der Waals surface area contributed by atoms with E-state index in [1.165, 1.54) is 13.0 Å². The molecule has 0 saturated carbocycles. The zero-order valence-corrected chi connectivity index (χ0v) is 8.34. The van der Waals surface area contributed by atoms with Crippen molar-refractivity contribution in [2.24, 2.45) is 0 Å². The molecule has 1 aromatic carbocycles. The summed E-state index contributed by atoms with van der Waals surface area (Å²) in [5.74, 6) is -0.103. The number of phenols is 1. The van der Waals surface area contributed by atoms with Crippen LogP contribution in [0.3, 0.4) is 0 Å². The Hall–Kier alpha value is -2.03. The summed E-state index contributed by atoms with van der Waals surface area (Å²) >= 11 is 0. The number of carbonyl (C=O) groups is 1. The molecule has 0 aliphatic carbocycles. The van der Waals surface area contributed by atoms with Gasteiger partial charge in [-0.3, -0.25) is 4.79 Å². The van der Waals surface area contributed by atoms with Gasteiger partial charge in [-0.05, 0) is 30.7 Å². The number of aliphatic hydroxyl groups excluding tert-OH is 1. The van der Waals surface area contributed by atoms with E-state index in [9.17, 15) is 9.90 Å². The van der Waals surface area contributed by atoms with Gasteiger partial charge >= 0.3 is 0 Å². The average Bonchev–Trinajstić information content (AvgIpc) is 2.16. The standard InChI is InChI=1S/C12H12O3/c1-9(13)8-12(15)7-4-10-2-5-11(14)6-3-10/h2-8,14-15H,1H3. The molecule has 2 N–H and O–H groups in total. The maximum atomic E-state index is 10.6. The van der Waals surface area contributed by atoms with Crippen LogP contribution in [0.1, 0.15) is 12.5 Å². The van der Waals surface area contributed by atoms with E-state index in [-0.39, 0.29) is 17.3 Å². The fraction of sp³-hybridized carbons (Fsp3) is 0.0833. The van der Waals surface area contributed by atoms with Crippen LogP contribution >= 0.6 is 0 Å². The highest BCUT2D eigenvalue weighted by Gasteiger charge is 1.91. The fourth-order valence-electron chi connectivity index (χ4n) is 1.02. The van der Waals surface area contributed by atoms with E-state index in [0.29, 0.717) is 0 Å². The molecular weight excluding hydrogens is 192 g/mol. The second-order valence-electron chi connectivity index (χ2n) is 3.10. The van der Waals surface area contributed by atoms with E-state index in [0.717, 1.165) is 11.6 Å². The Labute approximate surface area is 88.0 Å². The monoisotopic (exact) mass is 204 g/mol. The van der Waals surface area contributed by atoms with Crippen LogP contribution in [0.5, 0.6) is 5.75 Å². The van der Waals surface area contributed by atoms with Gasteiger partial charge in [-0.25, -0.2) is 0 Å². The second kappa shape index (κ2) is 5.00. The van der Waals surface area contributed by atoms with Gasteiger partial charge in [0.05, 0.1) is 0 Å². The summed E-state index contributed by atoms with van der Waals surface area (Å²) in [4.78, 5) is 10.6. The number of rotatable bonds is 3. The van der Waals surface area contributed by atoms with E-state index >= 15 is 0 Å². The number of benzene rings is 1. The van der Waals surface area contributed by atoms with Crippen molar-refractivity contribution in [3.8, 4) is 5.75 Å². The maximum absolute atomic E-state index is 10.6. The van der Waals surface area contributed by atoms with Crippen molar-refractivity contribution in [3.63, 3.8) is 0 Å². The number of aromatic hydroxyl groups is 1. The molecule has 0 spiro atoms. The van der Waals surface area contributed by atoms with Crippen LogP contribution in [0.15, 0.2) is 42.2 Å². The minimum absolute atomic E-state index is 0.0874. The SMILES string of the molecule is CC(=O)C=C(O)C=Cc1ccc(O)cc1. The normalized spacial score (nSPS) is 11.9. The van der Waals surface area contributed by atoms with Gasteiger partial charge in [0, 0.05) is 6.08 Å². The average molecular weight is 204 g/mol. The predicted octanol–water partition coefficient (Wildman–Crippen LogP) is 2.44. The minimum Gasteiger partial charge on any atom is -0.508 e. The highest BCUT2D eigenvalue weighted by atomic mass is 16.3. The second-order valence-corrected chi connectivity index (χ2v) is 3.10. The molecule has 0 aliphatic rings. The largest absolute Gasteiger partial charge is 0.508 e. The predicted molar refractivity (Wildman–Crippen MR) is 58.5 cm³/mol. The number of aliphatic hydroxyl groups is 1. The number of carbonyl (C=O) groups excluding carboxylic acids is 1. The Morgan fingerprint density at radius 1 is 1.27 bits per heavy atom. The third-order valence-corrected chi connectivity index (χ3v) is 1.69. The molecule has 0 radical (unpaired) electrons. The van der Waals surface area contributed by atoms with Gasteiger partial charge in [-0.15, -0.1) is 0 Å². The van der Waals surface area contributed by atoms with E-state index in [4.69, 9.17) is 5.11 Å². The summed E-state index contributed by atoms with van der Waals surface area (Å²) in [5, 5.41) is 18.3. The highest BCUT2D eigenvalue weighted by molar-refractivity contribution is 5.88. The lowest BCUT2D eigenvalue weighted by atomic mass is 10.2. The molecular formula is C12H12O3. The Kier molecular flexibility index (Phi) is 3.68. The van der Waals surface area contributed by atoms with Crippen LogP contribution in [-0.4, -0.2) is 16.0 Å². The van der Waals surface area contributed by atoms with E-state index in [1.54, 1.807) is 30.3 Å². The molecule has 0 unspecified atom stereocenters. The quantitative estimate of drug-likeness (QED) is 0.451. The van der Waals surface area contributed by atoms with Crippen LogP contribution in [0.4, 0.5) is 0 Å². The fourth-order valence-corrected chi connectivity index (χ4v) is 1.02. The Balaban J connectivity index is 2.73. The Bertz CT molecular complexity index is 399.